The Kier molecular flexibility index (Phi) is 4.92. The van der Waals surface area contributed by atoms with Crippen LogP contribution < -0.4 is 0 Å². The lowest BCUT2D eigenvalue weighted by Gasteiger charge is -2.20. The van der Waals surface area contributed by atoms with Crippen LogP contribution in [-0.4, -0.2) is 60.7 Å². The first kappa shape index (κ1) is 15.2. The van der Waals surface area contributed by atoms with Gasteiger partial charge in [-0.05, 0) is 0 Å². The lowest BCUT2D eigenvalue weighted by molar-refractivity contribution is -0.158. The van der Waals surface area contributed by atoms with Crippen molar-refractivity contribution in [1.82, 2.24) is 0 Å². The highest BCUT2D eigenvalue weighted by Crippen LogP contribution is 2.27. The number of hydrogen-bond donors (Lipinski definition) is 2. The molecule has 2 aliphatic rings. The minimum absolute atomic E-state index is 0.00707. The van der Waals surface area contributed by atoms with Crippen LogP contribution >= 0.6 is 0 Å². The molecule has 2 aliphatic heterocycles. The van der Waals surface area contributed by atoms with Gasteiger partial charge in [-0.2, -0.15) is 0 Å². The second-order valence-electron chi connectivity index (χ2n) is 4.94. The summed E-state index contributed by atoms with van der Waals surface area (Å²) in [5, 5.41) is 18.0. The van der Waals surface area contributed by atoms with Gasteiger partial charge in [0.1, 0.15) is 19.0 Å². The van der Waals surface area contributed by atoms with E-state index in [9.17, 15) is 9.59 Å². The average Bonchev–Trinajstić information content (AvgIpc) is 3.05. The second kappa shape index (κ2) is 6.49. The van der Waals surface area contributed by atoms with Crippen molar-refractivity contribution in [3.05, 3.63) is 0 Å². The molecule has 8 nitrogen and oxygen atoms in total. The SMILES string of the molecule is CC(C(=O)O)C(CC1OCC(C2COCO2)O1)C(=O)O. The van der Waals surface area contributed by atoms with Gasteiger partial charge in [0, 0.05) is 6.42 Å². The van der Waals surface area contributed by atoms with Gasteiger partial charge < -0.3 is 29.2 Å². The van der Waals surface area contributed by atoms with Gasteiger partial charge in [0.15, 0.2) is 6.29 Å². The van der Waals surface area contributed by atoms with Gasteiger partial charge in [0.2, 0.25) is 0 Å². The largest absolute Gasteiger partial charge is 0.481 e. The molecular formula is C12H18O8. The Morgan fingerprint density at radius 3 is 2.45 bits per heavy atom. The third-order valence-electron chi connectivity index (χ3n) is 3.59. The molecule has 0 amide bonds. The van der Waals surface area contributed by atoms with Crippen LogP contribution in [0, 0.1) is 11.8 Å². The standard InChI is InChI=1S/C12H18O8/c1-6(11(13)14)7(12(15)16)2-10-18-4-9(20-10)8-3-17-5-19-8/h6-10H,2-5H2,1H3,(H,13,14)(H,15,16). The molecule has 114 valence electrons. The lowest BCUT2D eigenvalue weighted by atomic mass is 9.91. The van der Waals surface area contributed by atoms with Gasteiger partial charge in [0.05, 0.1) is 25.0 Å². The Balaban J connectivity index is 1.88. The molecule has 0 bridgehead atoms. The topological polar surface area (TPSA) is 112 Å². The summed E-state index contributed by atoms with van der Waals surface area (Å²) in [5.41, 5.74) is 0. The van der Waals surface area contributed by atoms with Crippen LogP contribution in [0.4, 0.5) is 0 Å². The number of carbonyl (C=O) groups is 2. The third kappa shape index (κ3) is 3.45. The quantitative estimate of drug-likeness (QED) is 0.698. The van der Waals surface area contributed by atoms with Crippen LogP contribution in [0.3, 0.4) is 0 Å². The van der Waals surface area contributed by atoms with E-state index in [0.717, 1.165) is 0 Å². The van der Waals surface area contributed by atoms with Gasteiger partial charge in [-0.25, -0.2) is 0 Å². The maximum absolute atomic E-state index is 11.2. The van der Waals surface area contributed by atoms with Gasteiger partial charge in [0.25, 0.3) is 0 Å². The van der Waals surface area contributed by atoms with Crippen LogP contribution in [-0.2, 0) is 28.5 Å². The Labute approximate surface area is 115 Å². The first-order valence-electron chi connectivity index (χ1n) is 6.41. The molecule has 0 aromatic heterocycles. The third-order valence-corrected chi connectivity index (χ3v) is 3.59. The average molecular weight is 290 g/mol. The predicted octanol–water partition coefficient (Wildman–Crippen LogP) is -0.0876. The van der Waals surface area contributed by atoms with Crippen LogP contribution in [0.2, 0.25) is 0 Å². The van der Waals surface area contributed by atoms with Crippen molar-refractivity contribution < 1.29 is 38.7 Å². The molecule has 2 N–H and O–H groups in total. The number of carboxylic acid groups (broad SMARTS) is 2. The van der Waals surface area contributed by atoms with E-state index in [2.05, 4.69) is 0 Å². The van der Waals surface area contributed by atoms with E-state index in [0.29, 0.717) is 6.61 Å². The second-order valence-corrected chi connectivity index (χ2v) is 4.94. The van der Waals surface area contributed by atoms with E-state index in [-0.39, 0.29) is 32.0 Å². The van der Waals surface area contributed by atoms with Crippen molar-refractivity contribution in [1.29, 1.82) is 0 Å². The molecule has 2 rings (SSSR count). The summed E-state index contributed by atoms with van der Waals surface area (Å²) >= 11 is 0. The molecule has 2 saturated heterocycles. The first-order valence-corrected chi connectivity index (χ1v) is 6.41. The normalized spacial score (nSPS) is 33.0. The summed E-state index contributed by atoms with van der Waals surface area (Å²) in [7, 11) is 0. The number of rotatable bonds is 6. The Hall–Kier alpha value is -1.22. The van der Waals surface area contributed by atoms with E-state index in [1.165, 1.54) is 6.92 Å². The van der Waals surface area contributed by atoms with Gasteiger partial charge in [-0.1, -0.05) is 6.92 Å². The minimum Gasteiger partial charge on any atom is -0.481 e. The van der Waals surface area contributed by atoms with Crippen molar-refractivity contribution in [2.24, 2.45) is 11.8 Å². The lowest BCUT2D eigenvalue weighted by Crippen LogP contribution is -2.33. The predicted molar refractivity (Wildman–Crippen MR) is 62.8 cm³/mol. The smallest absolute Gasteiger partial charge is 0.307 e. The Morgan fingerprint density at radius 1 is 1.15 bits per heavy atom. The number of hydrogen-bond acceptors (Lipinski definition) is 6. The molecule has 0 aliphatic carbocycles. The fraction of sp³-hybridized carbons (Fsp3) is 0.833. The van der Waals surface area contributed by atoms with E-state index in [1.807, 2.05) is 0 Å². The summed E-state index contributed by atoms with van der Waals surface area (Å²) in [4.78, 5) is 22.1. The highest BCUT2D eigenvalue weighted by molar-refractivity contribution is 5.79. The number of ether oxygens (including phenoxy) is 4. The summed E-state index contributed by atoms with van der Waals surface area (Å²) in [6, 6.07) is 0. The first-order chi connectivity index (χ1) is 9.49. The zero-order valence-electron chi connectivity index (χ0n) is 11.1. The van der Waals surface area contributed by atoms with Crippen LogP contribution in [0.15, 0.2) is 0 Å². The molecule has 5 unspecified atom stereocenters. The van der Waals surface area contributed by atoms with Crippen LogP contribution in [0.1, 0.15) is 13.3 Å². The summed E-state index contributed by atoms with van der Waals surface area (Å²) in [6.45, 7) is 2.27. The highest BCUT2D eigenvalue weighted by atomic mass is 16.8. The van der Waals surface area contributed by atoms with Crippen molar-refractivity contribution in [3.63, 3.8) is 0 Å². The molecule has 0 aromatic carbocycles. The summed E-state index contributed by atoms with van der Waals surface area (Å²) in [6.07, 6.45) is -1.27. The van der Waals surface area contributed by atoms with E-state index in [1.54, 1.807) is 0 Å². The molecule has 5 atom stereocenters. The van der Waals surface area contributed by atoms with E-state index in [4.69, 9.17) is 29.2 Å². The van der Waals surface area contributed by atoms with Crippen molar-refractivity contribution in [2.45, 2.75) is 31.8 Å². The zero-order valence-corrected chi connectivity index (χ0v) is 11.1. The Morgan fingerprint density at radius 2 is 1.90 bits per heavy atom. The number of carboxylic acids is 2. The molecule has 8 heteroatoms. The van der Waals surface area contributed by atoms with Crippen molar-refractivity contribution in [2.75, 3.05) is 20.0 Å². The molecule has 0 spiro atoms. The monoisotopic (exact) mass is 290 g/mol. The van der Waals surface area contributed by atoms with E-state index < -0.39 is 30.1 Å². The Bertz CT molecular complexity index is 364. The van der Waals surface area contributed by atoms with E-state index >= 15 is 0 Å². The maximum Gasteiger partial charge on any atom is 0.307 e. The maximum atomic E-state index is 11.2. The van der Waals surface area contributed by atoms with Gasteiger partial charge in [-0.15, -0.1) is 0 Å². The fourth-order valence-electron chi connectivity index (χ4n) is 2.26. The summed E-state index contributed by atoms with van der Waals surface area (Å²) < 4.78 is 21.3. The van der Waals surface area contributed by atoms with Crippen LogP contribution in [0.5, 0.6) is 0 Å². The minimum atomic E-state index is -1.17. The van der Waals surface area contributed by atoms with Crippen LogP contribution in [0.25, 0.3) is 0 Å². The van der Waals surface area contributed by atoms with Gasteiger partial charge >= 0.3 is 11.9 Å². The molecule has 0 aromatic rings. The molecule has 0 radical (unpaired) electrons. The van der Waals surface area contributed by atoms with Crippen molar-refractivity contribution in [3.8, 4) is 0 Å². The molecule has 20 heavy (non-hydrogen) atoms. The fourth-order valence-corrected chi connectivity index (χ4v) is 2.26. The molecule has 0 saturated carbocycles. The summed E-state index contributed by atoms with van der Waals surface area (Å²) in [5.74, 6) is -4.39. The van der Waals surface area contributed by atoms with Crippen molar-refractivity contribution >= 4 is 11.9 Å². The molecule has 2 fully saturated rings. The highest BCUT2D eigenvalue weighted by Gasteiger charge is 2.39. The zero-order chi connectivity index (χ0) is 14.7. The molecule has 2 heterocycles. The number of aliphatic carboxylic acids is 2. The molecular weight excluding hydrogens is 272 g/mol. The van der Waals surface area contributed by atoms with Gasteiger partial charge in [-0.3, -0.25) is 9.59 Å².